The van der Waals surface area contributed by atoms with E-state index in [1.807, 2.05) is 42.8 Å². The molecule has 0 saturated carbocycles. The molecular weight excluding hydrogens is 594 g/mol. The third kappa shape index (κ3) is 6.45. The minimum atomic E-state index is -3.84. The maximum Gasteiger partial charge on any atom is 0.283 e. The number of nitrogens with one attached hydrogen (secondary N) is 1. The topological polar surface area (TPSA) is 159 Å². The highest BCUT2D eigenvalue weighted by Gasteiger charge is 2.25. The fourth-order valence-corrected chi connectivity index (χ4v) is 6.21. The number of sulfonamides is 1. The Morgan fingerprint density at radius 2 is 1.78 bits per heavy atom. The molecule has 1 amide bonds. The van der Waals surface area contributed by atoms with Gasteiger partial charge in [-0.1, -0.05) is 13.8 Å². The van der Waals surface area contributed by atoms with Crippen LogP contribution in [0.15, 0.2) is 42.7 Å². The summed E-state index contributed by atoms with van der Waals surface area (Å²) < 4.78 is 33.2. The lowest BCUT2D eigenvalue weighted by Crippen LogP contribution is -2.36. The highest BCUT2D eigenvalue weighted by atomic mass is 32.2. The molecule has 234 valence electrons. The lowest BCUT2D eigenvalue weighted by molar-refractivity contribution is 0.0977. The number of fused-ring (bicyclic) bond motifs is 1. The summed E-state index contributed by atoms with van der Waals surface area (Å²) >= 11 is 0. The lowest BCUT2D eigenvalue weighted by atomic mass is 9.97. The van der Waals surface area contributed by atoms with Gasteiger partial charge in [0.25, 0.3) is 5.91 Å². The van der Waals surface area contributed by atoms with Crippen LogP contribution in [-0.4, -0.2) is 84.7 Å². The monoisotopic (exact) mass is 629 g/mol. The number of nitriles is 1. The van der Waals surface area contributed by atoms with Crippen molar-refractivity contribution in [2.75, 3.05) is 55.4 Å². The maximum absolute atomic E-state index is 13.2. The summed E-state index contributed by atoms with van der Waals surface area (Å²) in [6.45, 7) is 8.24. The van der Waals surface area contributed by atoms with E-state index in [2.05, 4.69) is 25.8 Å². The van der Waals surface area contributed by atoms with Gasteiger partial charge in [-0.05, 0) is 48.6 Å². The number of rotatable bonds is 7. The number of amides is 1. The largest absolute Gasteiger partial charge is 0.378 e. The van der Waals surface area contributed by atoms with E-state index in [4.69, 9.17) is 14.8 Å². The number of aromatic nitrogens is 5. The summed E-state index contributed by atoms with van der Waals surface area (Å²) in [4.78, 5) is 31.5. The number of pyridine rings is 3. The second-order valence-electron chi connectivity index (χ2n) is 11.7. The van der Waals surface area contributed by atoms with Gasteiger partial charge >= 0.3 is 0 Å². The van der Waals surface area contributed by atoms with E-state index in [0.717, 1.165) is 60.5 Å². The van der Waals surface area contributed by atoms with Crippen LogP contribution in [0, 0.1) is 17.2 Å². The van der Waals surface area contributed by atoms with Gasteiger partial charge in [-0.25, -0.2) is 32.8 Å². The Balaban J connectivity index is 1.49. The van der Waals surface area contributed by atoms with Crippen molar-refractivity contribution in [2.45, 2.75) is 32.6 Å². The summed E-state index contributed by atoms with van der Waals surface area (Å²) in [6, 6.07) is 11.6. The molecule has 0 radical (unpaired) electrons. The second kappa shape index (κ2) is 12.4. The second-order valence-corrected chi connectivity index (χ2v) is 13.4. The molecule has 2 aliphatic rings. The minimum absolute atomic E-state index is 0.000732. The van der Waals surface area contributed by atoms with E-state index < -0.39 is 15.9 Å². The zero-order valence-electron chi connectivity index (χ0n) is 25.5. The highest BCUT2D eigenvalue weighted by Crippen LogP contribution is 2.36. The first-order valence-electron chi connectivity index (χ1n) is 15.0. The first kappa shape index (κ1) is 30.4. The molecule has 14 heteroatoms. The molecule has 2 aliphatic heterocycles. The Hall–Kier alpha value is -4.61. The molecule has 6 rings (SSSR count). The average molecular weight is 630 g/mol. The smallest absolute Gasteiger partial charge is 0.283 e. The molecule has 0 atom stereocenters. The van der Waals surface area contributed by atoms with E-state index in [9.17, 15) is 18.5 Å². The van der Waals surface area contributed by atoms with Gasteiger partial charge in [0.1, 0.15) is 17.3 Å². The van der Waals surface area contributed by atoms with Crippen molar-refractivity contribution in [2.24, 2.45) is 5.92 Å². The SMILES string of the molecule is CC(C)c1nn(-c2ccnc(N3CCOCC3)c2)c2nc(C(=O)NS(C)(=O)=O)cc(-c3ccc(N4CCC(C#N)CC4)nc3)c12. The third-order valence-corrected chi connectivity index (χ3v) is 8.65. The molecule has 4 aromatic rings. The van der Waals surface area contributed by atoms with E-state index in [-0.39, 0.29) is 17.5 Å². The van der Waals surface area contributed by atoms with Gasteiger partial charge in [-0.2, -0.15) is 10.4 Å². The summed E-state index contributed by atoms with van der Waals surface area (Å²) in [5.74, 6) is 0.809. The average Bonchev–Trinajstić information content (AvgIpc) is 3.44. The molecule has 4 aromatic heterocycles. The zero-order valence-corrected chi connectivity index (χ0v) is 26.3. The van der Waals surface area contributed by atoms with Gasteiger partial charge in [-0.3, -0.25) is 4.79 Å². The molecule has 2 saturated heterocycles. The van der Waals surface area contributed by atoms with Crippen molar-refractivity contribution in [1.29, 1.82) is 5.26 Å². The van der Waals surface area contributed by atoms with E-state index in [1.54, 1.807) is 23.1 Å². The van der Waals surface area contributed by atoms with Crippen LogP contribution in [0.4, 0.5) is 11.6 Å². The van der Waals surface area contributed by atoms with Crippen LogP contribution in [0.5, 0.6) is 0 Å². The summed E-state index contributed by atoms with van der Waals surface area (Å²) in [5.41, 5.74) is 3.22. The maximum atomic E-state index is 13.2. The number of morpholine rings is 1. The van der Waals surface area contributed by atoms with Crippen LogP contribution in [0.2, 0.25) is 0 Å². The van der Waals surface area contributed by atoms with Gasteiger partial charge in [0, 0.05) is 56.1 Å². The van der Waals surface area contributed by atoms with Crippen molar-refractivity contribution in [3.63, 3.8) is 0 Å². The Morgan fingerprint density at radius 3 is 2.42 bits per heavy atom. The van der Waals surface area contributed by atoms with Crippen LogP contribution >= 0.6 is 0 Å². The lowest BCUT2D eigenvalue weighted by Gasteiger charge is -2.30. The van der Waals surface area contributed by atoms with E-state index >= 15 is 0 Å². The normalized spacial score (nSPS) is 16.2. The van der Waals surface area contributed by atoms with Crippen molar-refractivity contribution in [1.82, 2.24) is 29.5 Å². The number of anilines is 2. The van der Waals surface area contributed by atoms with E-state index in [1.165, 1.54) is 0 Å². The number of nitrogens with zero attached hydrogens (tertiary/aromatic N) is 8. The molecule has 1 N–H and O–H groups in total. The van der Waals surface area contributed by atoms with Gasteiger partial charge in [0.05, 0.1) is 42.3 Å². The van der Waals surface area contributed by atoms with Crippen LogP contribution in [0.1, 0.15) is 48.8 Å². The van der Waals surface area contributed by atoms with Gasteiger partial charge < -0.3 is 14.5 Å². The molecule has 6 heterocycles. The number of hydrogen-bond acceptors (Lipinski definition) is 11. The predicted molar refractivity (Wildman–Crippen MR) is 170 cm³/mol. The van der Waals surface area contributed by atoms with Crippen LogP contribution in [-0.2, 0) is 14.8 Å². The van der Waals surface area contributed by atoms with Crippen LogP contribution in [0.25, 0.3) is 27.8 Å². The fraction of sp³-hybridized carbons (Fsp3) is 0.419. The van der Waals surface area contributed by atoms with Crippen molar-refractivity contribution >= 4 is 38.6 Å². The Labute approximate surface area is 261 Å². The summed E-state index contributed by atoms with van der Waals surface area (Å²) in [6.07, 6.45) is 5.98. The molecule has 2 fully saturated rings. The Kier molecular flexibility index (Phi) is 8.39. The molecule has 45 heavy (non-hydrogen) atoms. The number of piperidine rings is 1. The van der Waals surface area contributed by atoms with Crippen LogP contribution < -0.4 is 14.5 Å². The van der Waals surface area contributed by atoms with Crippen molar-refractivity contribution < 1.29 is 17.9 Å². The van der Waals surface area contributed by atoms with E-state index in [0.29, 0.717) is 43.2 Å². The zero-order chi connectivity index (χ0) is 31.7. The molecule has 0 unspecified atom stereocenters. The highest BCUT2D eigenvalue weighted by molar-refractivity contribution is 7.89. The Bertz CT molecular complexity index is 1870. The van der Waals surface area contributed by atoms with Gasteiger partial charge in [0.2, 0.25) is 10.0 Å². The number of carbonyl (C=O) groups is 1. The number of hydrogen-bond donors (Lipinski definition) is 1. The molecule has 0 spiro atoms. The summed E-state index contributed by atoms with van der Waals surface area (Å²) in [7, 11) is -3.84. The standard InChI is InChI=1S/C31H35N9O4S/c1-20(2)29-28-24(22-4-5-26(34-19-22)38-10-7-21(18-32)8-11-38)17-25(31(41)37-45(3,42)43)35-30(28)40(36-29)23-6-9-33-27(16-23)39-12-14-44-15-13-39/h4-6,9,16-17,19-21H,7-8,10-15H2,1-3H3,(H,37,41). The quantitative estimate of drug-likeness (QED) is 0.320. The van der Waals surface area contributed by atoms with Crippen molar-refractivity contribution in [3.05, 3.63) is 54.1 Å². The molecule has 13 nitrogen and oxygen atoms in total. The molecular formula is C31H35N9O4S. The molecule has 0 bridgehead atoms. The minimum Gasteiger partial charge on any atom is -0.378 e. The van der Waals surface area contributed by atoms with Gasteiger partial charge in [0.15, 0.2) is 5.65 Å². The fourth-order valence-electron chi connectivity index (χ4n) is 5.77. The summed E-state index contributed by atoms with van der Waals surface area (Å²) in [5, 5.41) is 15.0. The van der Waals surface area contributed by atoms with Gasteiger partial charge in [-0.15, -0.1) is 0 Å². The van der Waals surface area contributed by atoms with Crippen molar-refractivity contribution in [3.8, 4) is 22.9 Å². The molecule has 0 aromatic carbocycles. The predicted octanol–water partition coefficient (Wildman–Crippen LogP) is 3.27. The van der Waals surface area contributed by atoms with Crippen LogP contribution in [0.3, 0.4) is 0 Å². The number of ether oxygens (including phenoxy) is 1. The number of carbonyl (C=O) groups excluding carboxylic acids is 1. The molecule has 0 aliphatic carbocycles. The Morgan fingerprint density at radius 1 is 1.04 bits per heavy atom. The third-order valence-electron chi connectivity index (χ3n) is 8.09. The first-order valence-corrected chi connectivity index (χ1v) is 16.9. The first-order chi connectivity index (χ1) is 21.6.